The van der Waals surface area contributed by atoms with Gasteiger partial charge in [0.25, 0.3) is 0 Å². The van der Waals surface area contributed by atoms with E-state index in [9.17, 15) is 0 Å². The van der Waals surface area contributed by atoms with Gasteiger partial charge in [0.2, 0.25) is 0 Å². The number of fused-ring (bicyclic) bond motifs is 3. The highest BCUT2D eigenvalue weighted by molar-refractivity contribution is 6.34. The van der Waals surface area contributed by atoms with E-state index in [1.807, 2.05) is 0 Å². The van der Waals surface area contributed by atoms with Gasteiger partial charge in [-0.25, -0.2) is 0 Å². The molecule has 0 saturated carbocycles. The van der Waals surface area contributed by atoms with E-state index in [1.165, 1.54) is 65.2 Å². The number of hydrogen-bond acceptors (Lipinski definition) is 1. The zero-order valence-electron chi connectivity index (χ0n) is 19.4. The quantitative estimate of drug-likeness (QED) is 0.197. The second kappa shape index (κ2) is 7.20. The van der Waals surface area contributed by atoms with Crippen LogP contribution in [0, 0.1) is 0 Å². The molecule has 0 amide bonds. The van der Waals surface area contributed by atoms with E-state index in [-0.39, 0.29) is 0 Å². The minimum atomic E-state index is 0.317. The summed E-state index contributed by atoms with van der Waals surface area (Å²) in [5.41, 5.74) is 2.49. The largest absolute Gasteiger partial charge is 0.338 e. The first kappa shape index (κ1) is 19.4. The molecule has 0 spiro atoms. The smallest absolute Gasteiger partial charge is 0.0493 e. The zero-order chi connectivity index (χ0) is 22.8. The fraction of sp³-hybridized carbons (Fsp3) is 0.0909. The molecule has 0 atom stereocenters. The van der Waals surface area contributed by atoms with Crippen LogP contribution in [0.2, 0.25) is 0 Å². The lowest BCUT2D eigenvalue weighted by Crippen LogP contribution is -2.25. The predicted octanol–water partition coefficient (Wildman–Crippen LogP) is 9.44. The first-order valence-corrected chi connectivity index (χ1v) is 12.1. The molecule has 0 unspecified atom stereocenters. The fourth-order valence-electron chi connectivity index (χ4n) is 5.88. The van der Waals surface area contributed by atoms with Crippen LogP contribution >= 0.6 is 0 Å². The van der Waals surface area contributed by atoms with Crippen molar-refractivity contribution in [1.29, 1.82) is 0 Å². The Morgan fingerprint density at radius 3 is 1.79 bits per heavy atom. The molecule has 1 nitrogen and oxygen atoms in total. The van der Waals surface area contributed by atoms with Crippen LogP contribution in [0.4, 0.5) is 11.4 Å². The third-order valence-electron chi connectivity index (χ3n) is 7.29. The Bertz CT molecular complexity index is 1790. The fourth-order valence-corrected chi connectivity index (χ4v) is 5.88. The Morgan fingerprint density at radius 2 is 1.06 bits per heavy atom. The Hall–Kier alpha value is -4.10. The molecule has 0 aromatic heterocycles. The standard InChI is InChI=1S/C33H25N/c1-21(2)34(25-17-16-22-8-3-4-9-24(22)20-25)31-19-18-29-27-13-6-11-23-10-5-12-26(32(23)27)28-14-7-15-30(31)33(28)29/h3-21H,1-2H3. The van der Waals surface area contributed by atoms with Crippen LogP contribution in [-0.2, 0) is 0 Å². The molecular formula is C33H25N. The average Bonchev–Trinajstić information content (AvgIpc) is 2.87. The molecule has 7 aromatic carbocycles. The Balaban J connectivity index is 1.57. The third kappa shape index (κ3) is 2.67. The summed E-state index contributed by atoms with van der Waals surface area (Å²) in [7, 11) is 0. The van der Waals surface area contributed by atoms with Gasteiger partial charge in [0.15, 0.2) is 0 Å². The molecular weight excluding hydrogens is 410 g/mol. The third-order valence-corrected chi connectivity index (χ3v) is 7.29. The van der Waals surface area contributed by atoms with Crippen molar-refractivity contribution < 1.29 is 0 Å². The summed E-state index contributed by atoms with van der Waals surface area (Å²) in [4.78, 5) is 2.48. The first-order valence-electron chi connectivity index (χ1n) is 12.1. The van der Waals surface area contributed by atoms with Crippen molar-refractivity contribution in [3.63, 3.8) is 0 Å². The van der Waals surface area contributed by atoms with Gasteiger partial charge in [-0.2, -0.15) is 0 Å². The topological polar surface area (TPSA) is 3.24 Å². The van der Waals surface area contributed by atoms with Gasteiger partial charge >= 0.3 is 0 Å². The van der Waals surface area contributed by atoms with E-state index in [1.54, 1.807) is 0 Å². The maximum atomic E-state index is 2.48. The maximum absolute atomic E-state index is 2.48. The first-order chi connectivity index (χ1) is 16.7. The number of rotatable bonds is 3. The molecule has 0 heterocycles. The molecule has 7 aromatic rings. The van der Waals surface area contributed by atoms with Crippen LogP contribution < -0.4 is 4.90 Å². The van der Waals surface area contributed by atoms with Gasteiger partial charge < -0.3 is 4.90 Å². The summed E-state index contributed by atoms with van der Waals surface area (Å²) in [6.45, 7) is 4.56. The van der Waals surface area contributed by atoms with Crippen molar-refractivity contribution in [2.45, 2.75) is 19.9 Å². The van der Waals surface area contributed by atoms with Gasteiger partial charge in [0.05, 0.1) is 0 Å². The van der Waals surface area contributed by atoms with Crippen LogP contribution in [0.15, 0.2) is 109 Å². The van der Waals surface area contributed by atoms with Gasteiger partial charge in [-0.15, -0.1) is 0 Å². The molecule has 1 heteroatoms. The van der Waals surface area contributed by atoms with Gasteiger partial charge in [-0.1, -0.05) is 91.0 Å². The molecule has 162 valence electrons. The molecule has 0 aliphatic heterocycles. The van der Waals surface area contributed by atoms with Crippen molar-refractivity contribution in [1.82, 2.24) is 0 Å². The van der Waals surface area contributed by atoms with Crippen LogP contribution in [-0.4, -0.2) is 6.04 Å². The van der Waals surface area contributed by atoms with Gasteiger partial charge in [-0.3, -0.25) is 0 Å². The maximum Gasteiger partial charge on any atom is 0.0493 e. The van der Waals surface area contributed by atoms with Crippen molar-refractivity contribution in [3.8, 4) is 0 Å². The predicted molar refractivity (Wildman–Crippen MR) is 149 cm³/mol. The SMILES string of the molecule is CC(C)N(c1ccc2ccccc2c1)c1ccc2c3cccc4cccc(c5cccc1c52)c43. The van der Waals surface area contributed by atoms with Gasteiger partial charge in [-0.05, 0) is 80.5 Å². The number of nitrogens with zero attached hydrogens (tertiary/aromatic N) is 1. The van der Waals surface area contributed by atoms with Crippen molar-refractivity contribution in [3.05, 3.63) is 109 Å². The number of benzene rings is 7. The molecule has 0 N–H and O–H groups in total. The number of anilines is 2. The lowest BCUT2D eigenvalue weighted by Gasteiger charge is -2.31. The van der Waals surface area contributed by atoms with E-state index in [4.69, 9.17) is 0 Å². The van der Waals surface area contributed by atoms with Gasteiger partial charge in [0.1, 0.15) is 0 Å². The molecule has 0 aliphatic carbocycles. The molecule has 0 fully saturated rings. The Morgan fingerprint density at radius 1 is 0.471 bits per heavy atom. The van der Waals surface area contributed by atoms with Crippen LogP contribution in [0.5, 0.6) is 0 Å². The summed E-state index contributed by atoms with van der Waals surface area (Å²) < 4.78 is 0. The summed E-state index contributed by atoms with van der Waals surface area (Å²) >= 11 is 0. The number of hydrogen-bond donors (Lipinski definition) is 0. The Kier molecular flexibility index (Phi) is 4.10. The highest BCUT2D eigenvalue weighted by atomic mass is 15.2. The average molecular weight is 436 g/mol. The summed E-state index contributed by atoms with van der Waals surface area (Å²) in [6.07, 6.45) is 0. The second-order valence-electron chi connectivity index (χ2n) is 9.56. The van der Waals surface area contributed by atoms with Crippen molar-refractivity contribution in [2.24, 2.45) is 0 Å². The van der Waals surface area contributed by atoms with Crippen molar-refractivity contribution >= 4 is 65.2 Å². The second-order valence-corrected chi connectivity index (χ2v) is 9.56. The van der Waals surface area contributed by atoms with E-state index in [0.717, 1.165) is 0 Å². The minimum absolute atomic E-state index is 0.317. The van der Waals surface area contributed by atoms with Gasteiger partial charge in [0, 0.05) is 22.8 Å². The molecule has 7 rings (SSSR count). The van der Waals surface area contributed by atoms with E-state index < -0.39 is 0 Å². The Labute approximate surface area is 199 Å². The molecule has 0 bridgehead atoms. The van der Waals surface area contributed by atoms with E-state index in [0.29, 0.717) is 6.04 Å². The molecule has 0 radical (unpaired) electrons. The van der Waals surface area contributed by atoms with Crippen LogP contribution in [0.25, 0.3) is 53.9 Å². The normalized spacial score (nSPS) is 12.1. The highest BCUT2D eigenvalue weighted by Gasteiger charge is 2.20. The summed E-state index contributed by atoms with van der Waals surface area (Å²) in [6, 6.07) is 40.6. The summed E-state index contributed by atoms with van der Waals surface area (Å²) in [5.74, 6) is 0. The summed E-state index contributed by atoms with van der Waals surface area (Å²) in [5, 5.41) is 13.2. The van der Waals surface area contributed by atoms with Crippen LogP contribution in [0.3, 0.4) is 0 Å². The van der Waals surface area contributed by atoms with E-state index in [2.05, 4.69) is 128 Å². The minimum Gasteiger partial charge on any atom is -0.338 e. The van der Waals surface area contributed by atoms with Crippen molar-refractivity contribution in [2.75, 3.05) is 4.90 Å². The monoisotopic (exact) mass is 435 g/mol. The van der Waals surface area contributed by atoms with E-state index >= 15 is 0 Å². The molecule has 0 saturated heterocycles. The van der Waals surface area contributed by atoms with Crippen LogP contribution in [0.1, 0.15) is 13.8 Å². The zero-order valence-corrected chi connectivity index (χ0v) is 19.4. The molecule has 34 heavy (non-hydrogen) atoms. The lowest BCUT2D eigenvalue weighted by atomic mass is 9.89. The molecule has 0 aliphatic rings. The lowest BCUT2D eigenvalue weighted by molar-refractivity contribution is 0.792. The highest BCUT2D eigenvalue weighted by Crippen LogP contribution is 2.44.